The van der Waals surface area contributed by atoms with Gasteiger partial charge in [0.1, 0.15) is 5.69 Å². The van der Waals surface area contributed by atoms with Crippen molar-refractivity contribution in [3.63, 3.8) is 0 Å². The maximum atomic E-state index is 11.3. The molecule has 0 saturated carbocycles. The van der Waals surface area contributed by atoms with Crippen molar-refractivity contribution in [3.8, 4) is 0 Å². The van der Waals surface area contributed by atoms with Crippen molar-refractivity contribution in [2.24, 2.45) is 0 Å². The van der Waals surface area contributed by atoms with Crippen molar-refractivity contribution < 1.29 is 4.92 Å². The van der Waals surface area contributed by atoms with E-state index in [1.807, 2.05) is 43.3 Å². The van der Waals surface area contributed by atoms with Crippen LogP contribution in [-0.2, 0) is 0 Å². The highest BCUT2D eigenvalue weighted by Crippen LogP contribution is 2.43. The van der Waals surface area contributed by atoms with Gasteiger partial charge in [-0.05, 0) is 42.5 Å². The molecule has 0 aliphatic carbocycles. The molecule has 0 atom stereocenters. The number of hydrogen-bond acceptors (Lipinski definition) is 5. The normalized spacial score (nSPS) is 10.7. The first-order valence-electron chi connectivity index (χ1n) is 6.86. The number of rotatable bonds is 4. The fraction of sp³-hybridized carbons (Fsp3) is 0.125. The lowest BCUT2D eigenvalue weighted by Gasteiger charge is -2.13. The second-order valence-electron chi connectivity index (χ2n) is 5.25. The zero-order chi connectivity index (χ0) is 16.6. The van der Waals surface area contributed by atoms with Crippen molar-refractivity contribution in [3.05, 3.63) is 57.6 Å². The largest absolute Gasteiger partial charge is 0.378 e. The van der Waals surface area contributed by atoms with Gasteiger partial charge in [-0.3, -0.25) is 10.1 Å². The number of nitrogens with one attached hydrogen (secondary N) is 1. The first-order valence-corrected chi connectivity index (χ1v) is 8.06. The molecule has 0 fully saturated rings. The summed E-state index contributed by atoms with van der Waals surface area (Å²) in [6.45, 7) is 0. The number of nitrogens with zero attached hydrogens (tertiary/aromatic N) is 2. The maximum Gasteiger partial charge on any atom is 0.348 e. The molecule has 23 heavy (non-hydrogen) atoms. The molecule has 7 heteroatoms. The van der Waals surface area contributed by atoms with Crippen LogP contribution in [0.5, 0.6) is 0 Å². The Kier molecular flexibility index (Phi) is 4.11. The Morgan fingerprint density at radius 1 is 1.17 bits per heavy atom. The predicted molar refractivity (Wildman–Crippen MR) is 97.5 cm³/mol. The van der Waals surface area contributed by atoms with Gasteiger partial charge in [0.25, 0.3) is 0 Å². The van der Waals surface area contributed by atoms with Crippen LogP contribution in [0.4, 0.5) is 22.1 Å². The number of halogens is 1. The summed E-state index contributed by atoms with van der Waals surface area (Å²) in [6, 6.07) is 13.0. The summed E-state index contributed by atoms with van der Waals surface area (Å²) in [6.07, 6.45) is 0. The second kappa shape index (κ2) is 6.06. The summed E-state index contributed by atoms with van der Waals surface area (Å²) in [4.78, 5) is 13.0. The van der Waals surface area contributed by atoms with Gasteiger partial charge in [-0.25, -0.2) is 0 Å². The molecule has 0 amide bonds. The van der Waals surface area contributed by atoms with Gasteiger partial charge in [-0.1, -0.05) is 22.9 Å². The number of nitro groups is 1. The molecular formula is C16H14ClN3O2S. The zero-order valence-corrected chi connectivity index (χ0v) is 14.1. The molecule has 118 valence electrons. The topological polar surface area (TPSA) is 58.4 Å². The van der Waals surface area contributed by atoms with Crippen LogP contribution in [0.2, 0.25) is 5.02 Å². The Labute approximate surface area is 142 Å². The number of anilines is 3. The third-order valence-electron chi connectivity index (χ3n) is 3.45. The van der Waals surface area contributed by atoms with E-state index in [4.69, 9.17) is 11.6 Å². The number of fused-ring (bicyclic) bond motifs is 1. The van der Waals surface area contributed by atoms with Gasteiger partial charge in [-0.15, -0.1) is 0 Å². The highest BCUT2D eigenvalue weighted by atomic mass is 35.5. The van der Waals surface area contributed by atoms with Crippen LogP contribution < -0.4 is 10.2 Å². The number of thiophene rings is 1. The Bertz CT molecular complexity index is 875. The smallest absolute Gasteiger partial charge is 0.348 e. The molecule has 5 nitrogen and oxygen atoms in total. The van der Waals surface area contributed by atoms with Gasteiger partial charge < -0.3 is 10.2 Å². The van der Waals surface area contributed by atoms with E-state index in [-0.39, 0.29) is 9.92 Å². The molecule has 1 heterocycles. The van der Waals surface area contributed by atoms with Gasteiger partial charge >= 0.3 is 5.00 Å². The summed E-state index contributed by atoms with van der Waals surface area (Å²) in [5.41, 5.74) is 2.33. The molecule has 3 aromatic rings. The van der Waals surface area contributed by atoms with Gasteiger partial charge in [-0.2, -0.15) is 0 Å². The van der Waals surface area contributed by atoms with E-state index in [1.165, 1.54) is 0 Å². The van der Waals surface area contributed by atoms with Crippen LogP contribution in [0.3, 0.4) is 0 Å². The fourth-order valence-electron chi connectivity index (χ4n) is 2.29. The average Bonchev–Trinajstić information content (AvgIpc) is 2.86. The lowest BCUT2D eigenvalue weighted by Crippen LogP contribution is -2.08. The molecular weight excluding hydrogens is 334 g/mol. The second-order valence-corrected chi connectivity index (χ2v) is 6.71. The molecule has 1 N–H and O–H groups in total. The standard InChI is InChI=1S/C16H14ClN3O2S/c1-19(2)12-6-4-11(5-7-12)18-15-13-9-10(17)3-8-14(13)23-16(15)20(21)22/h3-9,18H,1-2H3. The van der Waals surface area contributed by atoms with Crippen LogP contribution >= 0.6 is 22.9 Å². The first kappa shape index (κ1) is 15.6. The van der Waals surface area contributed by atoms with E-state index in [2.05, 4.69) is 5.32 Å². The molecule has 0 unspecified atom stereocenters. The molecule has 3 rings (SSSR count). The van der Waals surface area contributed by atoms with E-state index in [0.717, 1.165) is 32.8 Å². The van der Waals surface area contributed by atoms with E-state index < -0.39 is 0 Å². The average molecular weight is 348 g/mol. The Balaban J connectivity index is 2.05. The minimum Gasteiger partial charge on any atom is -0.378 e. The fourth-order valence-corrected chi connectivity index (χ4v) is 3.42. The van der Waals surface area contributed by atoms with E-state index in [1.54, 1.807) is 18.2 Å². The lowest BCUT2D eigenvalue weighted by molar-refractivity contribution is -0.379. The van der Waals surface area contributed by atoms with Gasteiger partial charge in [0.2, 0.25) is 0 Å². The molecule has 0 aliphatic rings. The number of benzene rings is 2. The van der Waals surface area contributed by atoms with Crippen molar-refractivity contribution in [2.45, 2.75) is 0 Å². The summed E-state index contributed by atoms with van der Waals surface area (Å²) in [5, 5.41) is 15.9. The lowest BCUT2D eigenvalue weighted by atomic mass is 10.2. The van der Waals surface area contributed by atoms with Crippen molar-refractivity contribution in [1.29, 1.82) is 0 Å². The monoisotopic (exact) mass is 347 g/mol. The van der Waals surface area contributed by atoms with Gasteiger partial charge in [0.05, 0.1) is 4.92 Å². The zero-order valence-electron chi connectivity index (χ0n) is 12.5. The van der Waals surface area contributed by atoms with Crippen LogP contribution in [-0.4, -0.2) is 19.0 Å². The highest BCUT2D eigenvalue weighted by Gasteiger charge is 2.22. The predicted octanol–water partition coefficient (Wildman–Crippen LogP) is 5.27. The highest BCUT2D eigenvalue weighted by molar-refractivity contribution is 7.23. The third kappa shape index (κ3) is 3.09. The van der Waals surface area contributed by atoms with E-state index >= 15 is 0 Å². The van der Waals surface area contributed by atoms with Crippen LogP contribution in [0.15, 0.2) is 42.5 Å². The quantitative estimate of drug-likeness (QED) is 0.515. The molecule has 2 aromatic carbocycles. The summed E-state index contributed by atoms with van der Waals surface area (Å²) < 4.78 is 0.827. The number of hydrogen-bond donors (Lipinski definition) is 1. The molecule has 0 aliphatic heterocycles. The molecule has 0 bridgehead atoms. The Hall–Kier alpha value is -2.31. The van der Waals surface area contributed by atoms with E-state index in [9.17, 15) is 10.1 Å². The third-order valence-corrected chi connectivity index (χ3v) is 4.81. The Morgan fingerprint density at radius 2 is 1.87 bits per heavy atom. The van der Waals surface area contributed by atoms with Crippen LogP contribution in [0, 0.1) is 10.1 Å². The molecule has 1 aromatic heterocycles. The van der Waals surface area contributed by atoms with Crippen molar-refractivity contribution in [1.82, 2.24) is 0 Å². The van der Waals surface area contributed by atoms with Crippen molar-refractivity contribution >= 4 is 55.1 Å². The van der Waals surface area contributed by atoms with Crippen molar-refractivity contribution in [2.75, 3.05) is 24.3 Å². The molecule has 0 radical (unpaired) electrons. The van der Waals surface area contributed by atoms with Gasteiger partial charge in [0, 0.05) is 40.6 Å². The molecule has 0 spiro atoms. The van der Waals surface area contributed by atoms with E-state index in [0.29, 0.717) is 10.7 Å². The summed E-state index contributed by atoms with van der Waals surface area (Å²) >= 11 is 7.18. The SMILES string of the molecule is CN(C)c1ccc(Nc2c([N+](=O)[O-])sc3ccc(Cl)cc23)cc1. The molecule has 0 saturated heterocycles. The Morgan fingerprint density at radius 3 is 2.48 bits per heavy atom. The van der Waals surface area contributed by atoms with Gasteiger partial charge in [0.15, 0.2) is 0 Å². The maximum absolute atomic E-state index is 11.3. The van der Waals surface area contributed by atoms with Crippen LogP contribution in [0.1, 0.15) is 0 Å². The minimum absolute atomic E-state index is 0.0824. The minimum atomic E-state index is -0.366. The summed E-state index contributed by atoms with van der Waals surface area (Å²) in [5.74, 6) is 0. The first-order chi connectivity index (χ1) is 11.0. The van der Waals surface area contributed by atoms with Crippen LogP contribution in [0.25, 0.3) is 10.1 Å². The summed E-state index contributed by atoms with van der Waals surface area (Å²) in [7, 11) is 3.92.